The quantitative estimate of drug-likeness (QED) is 0.733. The molecule has 4 N–H and O–H groups in total. The second-order valence-electron chi connectivity index (χ2n) is 4.83. The fourth-order valence-corrected chi connectivity index (χ4v) is 2.33. The van der Waals surface area contributed by atoms with Crippen LogP contribution in [0.15, 0.2) is 10.9 Å². The van der Waals surface area contributed by atoms with Gasteiger partial charge in [0.2, 0.25) is 5.43 Å². The van der Waals surface area contributed by atoms with Crippen molar-refractivity contribution in [3.8, 4) is 0 Å². The molecule has 1 aliphatic rings. The summed E-state index contributed by atoms with van der Waals surface area (Å²) in [7, 11) is 0. The number of hydrogen-bond acceptors (Lipinski definition) is 3. The molecule has 0 amide bonds. The molecule has 0 saturated heterocycles. The number of aromatic nitrogens is 1. The molecule has 0 radical (unpaired) electrons. The van der Waals surface area contributed by atoms with Gasteiger partial charge in [0.15, 0.2) is 11.6 Å². The van der Waals surface area contributed by atoms with Gasteiger partial charge in [0.25, 0.3) is 0 Å². The van der Waals surface area contributed by atoms with Gasteiger partial charge in [0.1, 0.15) is 5.56 Å². The Morgan fingerprint density at radius 3 is 2.60 bits per heavy atom. The number of carboxylic acid groups (broad SMARTS) is 1. The number of carboxylic acids is 1. The zero-order valence-electron chi connectivity index (χ0n) is 10.2. The Morgan fingerprint density at radius 2 is 2.05 bits per heavy atom. The van der Waals surface area contributed by atoms with E-state index in [0.717, 1.165) is 18.9 Å². The van der Waals surface area contributed by atoms with Crippen LogP contribution < -0.4 is 11.2 Å². The fraction of sp³-hybridized carbons (Fsp3) is 0.231. The van der Waals surface area contributed by atoms with Crippen molar-refractivity contribution >= 4 is 22.6 Å². The molecule has 0 spiro atoms. The van der Waals surface area contributed by atoms with Crippen molar-refractivity contribution in [2.75, 3.05) is 5.73 Å². The minimum Gasteiger partial charge on any atom is -0.477 e. The van der Waals surface area contributed by atoms with Crippen molar-refractivity contribution in [3.63, 3.8) is 0 Å². The summed E-state index contributed by atoms with van der Waals surface area (Å²) < 4.78 is 26.8. The highest BCUT2D eigenvalue weighted by Crippen LogP contribution is 2.41. The van der Waals surface area contributed by atoms with Gasteiger partial charge in [-0.15, -0.1) is 0 Å². The zero-order chi connectivity index (χ0) is 14.6. The molecule has 1 fully saturated rings. The van der Waals surface area contributed by atoms with Crippen LogP contribution in [0.4, 0.5) is 14.5 Å². The van der Waals surface area contributed by atoms with E-state index in [1.165, 1.54) is 0 Å². The Labute approximate surface area is 111 Å². The molecular weight excluding hydrogens is 270 g/mol. The smallest absolute Gasteiger partial charge is 0.341 e. The minimum atomic E-state index is -1.40. The molecule has 7 heteroatoms. The third-order valence-corrected chi connectivity index (χ3v) is 3.45. The lowest BCUT2D eigenvalue weighted by Gasteiger charge is -2.10. The Morgan fingerprint density at radius 1 is 1.40 bits per heavy atom. The van der Waals surface area contributed by atoms with Crippen molar-refractivity contribution in [2.24, 2.45) is 0 Å². The topological polar surface area (TPSA) is 96.2 Å². The van der Waals surface area contributed by atoms with Gasteiger partial charge in [0, 0.05) is 17.7 Å². The molecule has 1 heterocycles. The highest BCUT2D eigenvalue weighted by molar-refractivity contribution is 5.98. The van der Waals surface area contributed by atoms with Crippen LogP contribution in [0.3, 0.4) is 0 Å². The molecule has 1 aromatic carbocycles. The summed E-state index contributed by atoms with van der Waals surface area (Å²) in [6.07, 6.45) is 1.50. The number of rotatable bonds is 2. The van der Waals surface area contributed by atoms with E-state index in [1.807, 2.05) is 0 Å². The zero-order valence-corrected chi connectivity index (χ0v) is 10.2. The summed E-state index contributed by atoms with van der Waals surface area (Å²) in [6.45, 7) is 0. The van der Waals surface area contributed by atoms with Crippen LogP contribution >= 0.6 is 0 Å². The first kappa shape index (κ1) is 12.6. The maximum absolute atomic E-state index is 13.4. The van der Waals surface area contributed by atoms with E-state index in [-0.39, 0.29) is 22.5 Å². The van der Waals surface area contributed by atoms with Crippen LogP contribution in [-0.2, 0) is 0 Å². The number of nitrogens with one attached hydrogen (secondary N) is 1. The molecule has 0 unspecified atom stereocenters. The summed E-state index contributed by atoms with van der Waals surface area (Å²) in [5.74, 6) is -4.00. The van der Waals surface area contributed by atoms with Crippen molar-refractivity contribution in [2.45, 2.75) is 18.8 Å². The molecule has 1 aliphatic carbocycles. The molecule has 0 aliphatic heterocycles. The number of nitrogens with two attached hydrogens (primary N) is 1. The highest BCUT2D eigenvalue weighted by Gasteiger charge is 2.32. The number of halogens is 2. The van der Waals surface area contributed by atoms with E-state index in [4.69, 9.17) is 10.8 Å². The summed E-state index contributed by atoms with van der Waals surface area (Å²) in [6, 6.07) is 0.819. The number of pyridine rings is 1. The van der Waals surface area contributed by atoms with Crippen LogP contribution in [-0.4, -0.2) is 16.1 Å². The van der Waals surface area contributed by atoms with Gasteiger partial charge in [0.05, 0.1) is 16.6 Å². The SMILES string of the molecule is Nc1c(F)c(F)cc2[nH]c(C3CC3)c(C(=O)O)c(=O)c12. The molecule has 5 nitrogen and oxygen atoms in total. The summed E-state index contributed by atoms with van der Waals surface area (Å²) in [5.41, 5.74) is 3.66. The Balaban J connectivity index is 2.49. The summed E-state index contributed by atoms with van der Waals surface area (Å²) in [5, 5.41) is 8.84. The molecular formula is C13H10F2N2O3. The molecule has 2 aromatic rings. The fourth-order valence-electron chi connectivity index (χ4n) is 2.33. The van der Waals surface area contributed by atoms with Gasteiger partial charge in [-0.1, -0.05) is 0 Å². The number of carbonyl (C=O) groups is 1. The van der Waals surface area contributed by atoms with Crippen molar-refractivity contribution in [3.05, 3.63) is 39.2 Å². The average molecular weight is 280 g/mol. The largest absolute Gasteiger partial charge is 0.477 e. The van der Waals surface area contributed by atoms with Crippen molar-refractivity contribution in [1.82, 2.24) is 4.98 Å². The predicted octanol–water partition coefficient (Wildman–Crippen LogP) is 1.96. The van der Waals surface area contributed by atoms with E-state index in [1.54, 1.807) is 0 Å². The number of benzene rings is 1. The van der Waals surface area contributed by atoms with Crippen LogP contribution in [0.5, 0.6) is 0 Å². The van der Waals surface area contributed by atoms with Crippen LogP contribution in [0.1, 0.15) is 34.8 Å². The van der Waals surface area contributed by atoms with Gasteiger partial charge in [-0.3, -0.25) is 4.79 Å². The average Bonchev–Trinajstić information content (AvgIpc) is 3.18. The van der Waals surface area contributed by atoms with Crippen molar-refractivity contribution in [1.29, 1.82) is 0 Å². The number of anilines is 1. The van der Waals surface area contributed by atoms with Crippen LogP contribution in [0, 0.1) is 11.6 Å². The third-order valence-electron chi connectivity index (χ3n) is 3.45. The molecule has 3 rings (SSSR count). The lowest BCUT2D eigenvalue weighted by Crippen LogP contribution is -2.21. The standard InChI is InChI=1S/C13H10F2N2O3/c14-5-3-6-7(10(16)9(5)15)12(18)8(13(19)20)11(17-6)4-1-2-4/h3-4H,1-2,16H2,(H,17,18)(H,19,20). The van der Waals surface area contributed by atoms with E-state index >= 15 is 0 Å². The number of nitrogen functional groups attached to an aromatic ring is 1. The van der Waals surface area contributed by atoms with E-state index in [0.29, 0.717) is 0 Å². The maximum Gasteiger partial charge on any atom is 0.341 e. The van der Waals surface area contributed by atoms with Crippen LogP contribution in [0.2, 0.25) is 0 Å². The number of hydrogen-bond donors (Lipinski definition) is 3. The van der Waals surface area contributed by atoms with Gasteiger partial charge < -0.3 is 15.8 Å². The molecule has 1 saturated carbocycles. The van der Waals surface area contributed by atoms with Gasteiger partial charge in [-0.25, -0.2) is 13.6 Å². The lowest BCUT2D eigenvalue weighted by molar-refractivity contribution is 0.0694. The van der Waals surface area contributed by atoms with Crippen LogP contribution in [0.25, 0.3) is 10.9 Å². The molecule has 0 atom stereocenters. The number of aromatic amines is 1. The van der Waals surface area contributed by atoms with Gasteiger partial charge >= 0.3 is 5.97 Å². The van der Waals surface area contributed by atoms with E-state index < -0.39 is 34.3 Å². The number of aromatic carboxylic acids is 1. The minimum absolute atomic E-state index is 0.0123. The molecule has 104 valence electrons. The van der Waals surface area contributed by atoms with Gasteiger partial charge in [-0.05, 0) is 12.8 Å². The first-order valence-electron chi connectivity index (χ1n) is 5.98. The predicted molar refractivity (Wildman–Crippen MR) is 67.8 cm³/mol. The Kier molecular flexibility index (Phi) is 2.53. The lowest BCUT2D eigenvalue weighted by atomic mass is 10.0. The second-order valence-corrected chi connectivity index (χ2v) is 4.83. The van der Waals surface area contributed by atoms with Gasteiger partial charge in [-0.2, -0.15) is 0 Å². The summed E-state index contributed by atoms with van der Waals surface area (Å²) >= 11 is 0. The first-order valence-corrected chi connectivity index (χ1v) is 5.98. The first-order chi connectivity index (χ1) is 9.41. The second kappa shape index (κ2) is 4.03. The normalized spacial score (nSPS) is 14.7. The van der Waals surface area contributed by atoms with E-state index in [9.17, 15) is 18.4 Å². The molecule has 1 aromatic heterocycles. The number of H-pyrrole nitrogens is 1. The van der Waals surface area contributed by atoms with E-state index in [2.05, 4.69) is 4.98 Å². The molecule has 0 bridgehead atoms. The molecule has 20 heavy (non-hydrogen) atoms. The Bertz CT molecular complexity index is 810. The number of fused-ring (bicyclic) bond motifs is 1. The highest BCUT2D eigenvalue weighted by atomic mass is 19.2. The maximum atomic E-state index is 13.4. The monoisotopic (exact) mass is 280 g/mol. The third kappa shape index (κ3) is 1.66. The van der Waals surface area contributed by atoms with Crippen molar-refractivity contribution < 1.29 is 18.7 Å². The Hall–Kier alpha value is -2.44. The summed E-state index contributed by atoms with van der Waals surface area (Å²) in [4.78, 5) is 26.2.